The van der Waals surface area contributed by atoms with Crippen molar-refractivity contribution in [3.05, 3.63) is 23.0 Å². The summed E-state index contributed by atoms with van der Waals surface area (Å²) in [6.07, 6.45) is 2.79. The van der Waals surface area contributed by atoms with E-state index in [4.69, 9.17) is 9.26 Å². The van der Waals surface area contributed by atoms with Gasteiger partial charge in [0.05, 0.1) is 23.3 Å². The summed E-state index contributed by atoms with van der Waals surface area (Å²) in [5.74, 6) is -0.315. The zero-order valence-corrected chi connectivity index (χ0v) is 16.7. The molecular weight excluding hydrogens is 346 g/mol. The van der Waals surface area contributed by atoms with Crippen LogP contribution in [0.5, 0.6) is 0 Å². The number of fused-ring (bicyclic) bond motifs is 1. The van der Waals surface area contributed by atoms with E-state index in [0.29, 0.717) is 29.0 Å². The molecule has 7 nitrogen and oxygen atoms in total. The highest BCUT2D eigenvalue weighted by atomic mass is 16.5. The van der Waals surface area contributed by atoms with Gasteiger partial charge in [-0.05, 0) is 37.7 Å². The average Bonchev–Trinajstić information content (AvgIpc) is 3.35. The third-order valence-corrected chi connectivity index (χ3v) is 4.48. The van der Waals surface area contributed by atoms with Crippen LogP contribution in [0, 0.1) is 5.41 Å². The van der Waals surface area contributed by atoms with E-state index >= 15 is 0 Å². The minimum absolute atomic E-state index is 0.0177. The van der Waals surface area contributed by atoms with Gasteiger partial charge in [-0.3, -0.25) is 9.59 Å². The van der Waals surface area contributed by atoms with Crippen LogP contribution in [0.4, 0.5) is 0 Å². The molecule has 1 aliphatic rings. The van der Waals surface area contributed by atoms with E-state index in [2.05, 4.69) is 30.9 Å². The Bertz CT molecular complexity index is 862. The van der Waals surface area contributed by atoms with E-state index < -0.39 is 5.97 Å². The maximum Gasteiger partial charge on any atom is 0.325 e. The zero-order valence-electron chi connectivity index (χ0n) is 16.7. The van der Waals surface area contributed by atoms with E-state index in [-0.39, 0.29) is 24.5 Å². The largest absolute Gasteiger partial charge is 0.465 e. The number of hydrogen-bond acceptors (Lipinski definition) is 6. The fourth-order valence-corrected chi connectivity index (χ4v) is 3.09. The monoisotopic (exact) mass is 373 g/mol. The summed E-state index contributed by atoms with van der Waals surface area (Å²) < 4.78 is 10.4. The summed E-state index contributed by atoms with van der Waals surface area (Å²) >= 11 is 0. The summed E-state index contributed by atoms with van der Waals surface area (Å²) in [6.45, 7) is 8.24. The molecule has 2 heterocycles. The minimum atomic E-state index is -0.429. The van der Waals surface area contributed by atoms with Gasteiger partial charge in [0.25, 0.3) is 11.6 Å². The van der Waals surface area contributed by atoms with Crippen LogP contribution in [0.2, 0.25) is 0 Å². The van der Waals surface area contributed by atoms with Gasteiger partial charge in [0.15, 0.2) is 0 Å². The molecule has 2 aromatic heterocycles. The molecule has 146 valence electrons. The number of amides is 1. The van der Waals surface area contributed by atoms with Crippen LogP contribution in [0.25, 0.3) is 11.1 Å². The van der Waals surface area contributed by atoms with Crippen LogP contribution < -0.4 is 0 Å². The van der Waals surface area contributed by atoms with Crippen molar-refractivity contribution in [3.8, 4) is 0 Å². The number of nitrogens with zero attached hydrogens (tertiary/aromatic N) is 3. The maximum atomic E-state index is 13.1. The second-order valence-corrected chi connectivity index (χ2v) is 8.38. The number of aromatic nitrogens is 2. The first-order valence-corrected chi connectivity index (χ1v) is 9.40. The van der Waals surface area contributed by atoms with Crippen molar-refractivity contribution in [1.82, 2.24) is 15.0 Å². The van der Waals surface area contributed by atoms with E-state index in [0.717, 1.165) is 24.2 Å². The Balaban J connectivity index is 2.01. The molecule has 0 aliphatic heterocycles. The second kappa shape index (κ2) is 7.29. The van der Waals surface area contributed by atoms with Gasteiger partial charge in [-0.1, -0.05) is 25.9 Å². The Kier molecular flexibility index (Phi) is 5.22. The predicted molar refractivity (Wildman–Crippen MR) is 101 cm³/mol. The quantitative estimate of drug-likeness (QED) is 0.722. The normalized spacial score (nSPS) is 14.4. The molecule has 2 aromatic rings. The Labute approximate surface area is 159 Å². The number of esters is 1. The number of hydrogen-bond donors (Lipinski definition) is 0. The number of carbonyl (C=O) groups excluding carboxylic acids is 2. The van der Waals surface area contributed by atoms with Gasteiger partial charge >= 0.3 is 5.97 Å². The van der Waals surface area contributed by atoms with E-state index in [1.165, 1.54) is 4.90 Å². The molecule has 0 saturated heterocycles. The lowest BCUT2D eigenvalue weighted by atomic mass is 9.89. The van der Waals surface area contributed by atoms with Crippen molar-refractivity contribution >= 4 is 23.0 Å². The van der Waals surface area contributed by atoms with Crippen molar-refractivity contribution in [2.24, 2.45) is 5.41 Å². The van der Waals surface area contributed by atoms with Crippen LogP contribution >= 0.6 is 0 Å². The lowest BCUT2D eigenvalue weighted by Crippen LogP contribution is -2.33. The second-order valence-electron chi connectivity index (χ2n) is 8.38. The highest BCUT2D eigenvalue weighted by molar-refractivity contribution is 6.06. The van der Waals surface area contributed by atoms with Crippen LogP contribution in [-0.4, -0.2) is 47.1 Å². The first kappa shape index (κ1) is 19.3. The lowest BCUT2D eigenvalue weighted by molar-refractivity contribution is -0.143. The zero-order chi connectivity index (χ0) is 19.8. The molecule has 0 bridgehead atoms. The van der Waals surface area contributed by atoms with Crippen molar-refractivity contribution in [1.29, 1.82) is 0 Å². The van der Waals surface area contributed by atoms with E-state index in [1.54, 1.807) is 14.0 Å². The molecule has 1 amide bonds. The summed E-state index contributed by atoms with van der Waals surface area (Å²) in [6, 6.07) is 1.84. The van der Waals surface area contributed by atoms with Gasteiger partial charge in [-0.15, -0.1) is 0 Å². The number of ether oxygens (including phenoxy) is 1. The van der Waals surface area contributed by atoms with Gasteiger partial charge in [0.2, 0.25) is 0 Å². The fourth-order valence-electron chi connectivity index (χ4n) is 3.09. The Morgan fingerprint density at radius 2 is 2.04 bits per heavy atom. The Morgan fingerprint density at radius 1 is 1.33 bits per heavy atom. The highest BCUT2D eigenvalue weighted by Gasteiger charge is 2.31. The highest BCUT2D eigenvalue weighted by Crippen LogP contribution is 2.41. The molecule has 0 unspecified atom stereocenters. The SMILES string of the molecule is CCOC(=O)CN(C)C(=O)c1cc(C2CC2)nc2onc(CC(C)(C)C)c12. The third-order valence-electron chi connectivity index (χ3n) is 4.48. The molecule has 0 radical (unpaired) electrons. The van der Waals surface area contributed by atoms with Crippen LogP contribution in [-0.2, 0) is 16.0 Å². The number of rotatable bonds is 6. The van der Waals surface area contributed by atoms with E-state index in [1.807, 2.05) is 6.07 Å². The number of likely N-dealkylation sites (N-methyl/N-ethyl adjacent to an activating group) is 1. The minimum Gasteiger partial charge on any atom is -0.465 e. The maximum absolute atomic E-state index is 13.1. The molecule has 1 saturated carbocycles. The number of pyridine rings is 1. The van der Waals surface area contributed by atoms with Gasteiger partial charge < -0.3 is 14.2 Å². The first-order chi connectivity index (χ1) is 12.7. The topological polar surface area (TPSA) is 85.5 Å². The molecular formula is C20H27N3O4. The summed E-state index contributed by atoms with van der Waals surface area (Å²) in [5, 5.41) is 4.84. The van der Waals surface area contributed by atoms with Gasteiger partial charge in [0.1, 0.15) is 6.54 Å². The van der Waals surface area contributed by atoms with Gasteiger partial charge in [-0.25, -0.2) is 4.98 Å². The molecule has 7 heteroatoms. The Hall–Kier alpha value is -2.44. The molecule has 0 aromatic carbocycles. The smallest absolute Gasteiger partial charge is 0.325 e. The van der Waals surface area contributed by atoms with Crippen molar-refractivity contribution in [2.75, 3.05) is 20.2 Å². The predicted octanol–water partition coefficient (Wildman–Crippen LogP) is 3.32. The molecule has 27 heavy (non-hydrogen) atoms. The lowest BCUT2D eigenvalue weighted by Gasteiger charge is -2.19. The van der Waals surface area contributed by atoms with Gasteiger partial charge in [-0.2, -0.15) is 0 Å². The average molecular weight is 373 g/mol. The van der Waals surface area contributed by atoms with Crippen LogP contribution in [0.3, 0.4) is 0 Å². The van der Waals surface area contributed by atoms with Crippen molar-refractivity contribution in [2.45, 2.75) is 52.9 Å². The van der Waals surface area contributed by atoms with Crippen molar-refractivity contribution in [3.63, 3.8) is 0 Å². The molecule has 0 atom stereocenters. The number of carbonyl (C=O) groups is 2. The fraction of sp³-hybridized carbons (Fsp3) is 0.600. The van der Waals surface area contributed by atoms with Gasteiger partial charge in [0, 0.05) is 18.7 Å². The first-order valence-electron chi connectivity index (χ1n) is 9.40. The molecule has 0 N–H and O–H groups in total. The van der Waals surface area contributed by atoms with Crippen LogP contribution in [0.15, 0.2) is 10.6 Å². The summed E-state index contributed by atoms with van der Waals surface area (Å²) in [7, 11) is 1.60. The molecule has 3 rings (SSSR count). The molecule has 1 aliphatic carbocycles. The standard InChI is InChI=1S/C20H27N3O4/c1-6-26-16(24)11-23(5)19(25)13-9-14(12-7-8-12)21-18-17(13)15(22-27-18)10-20(2,3)4/h9,12H,6-8,10-11H2,1-5H3. The van der Waals surface area contributed by atoms with E-state index in [9.17, 15) is 9.59 Å². The summed E-state index contributed by atoms with van der Waals surface area (Å²) in [4.78, 5) is 30.9. The molecule has 1 fully saturated rings. The Morgan fingerprint density at radius 3 is 2.63 bits per heavy atom. The summed E-state index contributed by atoms with van der Waals surface area (Å²) in [5.41, 5.74) is 2.45. The van der Waals surface area contributed by atoms with Crippen LogP contribution in [0.1, 0.15) is 68.2 Å². The molecule has 0 spiro atoms. The third kappa shape index (κ3) is 4.46. The van der Waals surface area contributed by atoms with Crippen molar-refractivity contribution < 1.29 is 18.8 Å².